The van der Waals surface area contributed by atoms with E-state index in [-0.39, 0.29) is 5.56 Å². The molecule has 0 fully saturated rings. The fourth-order valence-corrected chi connectivity index (χ4v) is 1.69. The molecule has 2 N–H and O–H groups in total. The van der Waals surface area contributed by atoms with Gasteiger partial charge in [0.15, 0.2) is 0 Å². The number of benzene rings is 1. The molecule has 17 heavy (non-hydrogen) atoms. The summed E-state index contributed by atoms with van der Waals surface area (Å²) in [6.45, 7) is 5.04. The van der Waals surface area contributed by atoms with Crippen LogP contribution in [0.4, 0.5) is 8.78 Å². The molecule has 4 heteroatoms. The SMILES string of the molecule is CCCNCCC(C)(O)c1ccc(F)cc1F. The highest BCUT2D eigenvalue weighted by molar-refractivity contribution is 5.24. The minimum atomic E-state index is -1.28. The number of hydrogen-bond donors (Lipinski definition) is 2. The highest BCUT2D eigenvalue weighted by atomic mass is 19.1. The Hall–Kier alpha value is -1.00. The van der Waals surface area contributed by atoms with Crippen LogP contribution in [0.1, 0.15) is 32.3 Å². The van der Waals surface area contributed by atoms with E-state index >= 15 is 0 Å². The molecule has 0 saturated heterocycles. The van der Waals surface area contributed by atoms with Crippen LogP contribution in [0.3, 0.4) is 0 Å². The molecule has 0 amide bonds. The first-order chi connectivity index (χ1) is 7.97. The number of halogens is 2. The Kier molecular flexibility index (Phi) is 5.02. The number of nitrogens with one attached hydrogen (secondary N) is 1. The van der Waals surface area contributed by atoms with Crippen LogP contribution in [0.15, 0.2) is 18.2 Å². The maximum atomic E-state index is 13.5. The van der Waals surface area contributed by atoms with E-state index in [0.717, 1.165) is 25.1 Å². The molecule has 0 aliphatic rings. The van der Waals surface area contributed by atoms with Gasteiger partial charge in [0, 0.05) is 11.6 Å². The van der Waals surface area contributed by atoms with Gasteiger partial charge in [0.05, 0.1) is 5.60 Å². The van der Waals surface area contributed by atoms with Crippen molar-refractivity contribution in [2.75, 3.05) is 13.1 Å². The summed E-state index contributed by atoms with van der Waals surface area (Å²) < 4.78 is 26.3. The zero-order chi connectivity index (χ0) is 12.9. The van der Waals surface area contributed by atoms with Crippen LogP contribution in [0.25, 0.3) is 0 Å². The van der Waals surface area contributed by atoms with E-state index in [1.165, 1.54) is 13.0 Å². The minimum absolute atomic E-state index is 0.136. The molecule has 0 aliphatic heterocycles. The second-order valence-corrected chi connectivity index (χ2v) is 4.40. The normalized spacial score (nSPS) is 14.6. The van der Waals surface area contributed by atoms with E-state index in [0.29, 0.717) is 13.0 Å². The van der Waals surface area contributed by atoms with Gasteiger partial charge in [-0.05, 0) is 38.9 Å². The maximum Gasteiger partial charge on any atom is 0.132 e. The van der Waals surface area contributed by atoms with Gasteiger partial charge >= 0.3 is 0 Å². The third-order valence-electron chi connectivity index (χ3n) is 2.73. The van der Waals surface area contributed by atoms with Gasteiger partial charge in [-0.25, -0.2) is 8.78 Å². The summed E-state index contributed by atoms with van der Waals surface area (Å²) in [6, 6.07) is 3.25. The van der Waals surface area contributed by atoms with Crippen molar-refractivity contribution in [3.05, 3.63) is 35.4 Å². The molecular weight excluding hydrogens is 224 g/mol. The van der Waals surface area contributed by atoms with E-state index in [1.54, 1.807) is 0 Å². The van der Waals surface area contributed by atoms with Crippen molar-refractivity contribution in [3.8, 4) is 0 Å². The molecule has 1 aromatic carbocycles. The van der Waals surface area contributed by atoms with E-state index < -0.39 is 17.2 Å². The molecule has 1 rings (SSSR count). The van der Waals surface area contributed by atoms with Crippen LogP contribution >= 0.6 is 0 Å². The summed E-state index contributed by atoms with van der Waals surface area (Å²) in [7, 11) is 0. The summed E-state index contributed by atoms with van der Waals surface area (Å²) in [4.78, 5) is 0. The molecule has 1 atom stereocenters. The lowest BCUT2D eigenvalue weighted by Crippen LogP contribution is -2.29. The average Bonchev–Trinajstić information content (AvgIpc) is 2.24. The second kappa shape index (κ2) is 6.07. The molecule has 0 bridgehead atoms. The van der Waals surface area contributed by atoms with Crippen LogP contribution in [-0.4, -0.2) is 18.2 Å². The first kappa shape index (κ1) is 14.1. The fourth-order valence-electron chi connectivity index (χ4n) is 1.69. The standard InChI is InChI=1S/C13H19F2NO/c1-3-7-16-8-6-13(2,17)11-5-4-10(14)9-12(11)15/h4-5,9,16-17H,3,6-8H2,1-2H3. The number of rotatable bonds is 6. The number of aliphatic hydroxyl groups is 1. The summed E-state index contributed by atoms with van der Waals surface area (Å²) in [5.74, 6) is -1.34. The van der Waals surface area contributed by atoms with Crippen LogP contribution in [0, 0.1) is 11.6 Å². The van der Waals surface area contributed by atoms with E-state index in [1.807, 2.05) is 6.92 Å². The van der Waals surface area contributed by atoms with Gasteiger partial charge in [-0.3, -0.25) is 0 Å². The molecule has 0 heterocycles. The molecule has 0 aromatic heterocycles. The molecule has 0 saturated carbocycles. The fraction of sp³-hybridized carbons (Fsp3) is 0.538. The van der Waals surface area contributed by atoms with Crippen molar-refractivity contribution >= 4 is 0 Å². The lowest BCUT2D eigenvalue weighted by Gasteiger charge is -2.24. The Balaban J connectivity index is 2.68. The molecule has 0 spiro atoms. The summed E-state index contributed by atoms with van der Waals surface area (Å²) in [6.07, 6.45) is 1.39. The van der Waals surface area contributed by atoms with E-state index in [2.05, 4.69) is 5.32 Å². The van der Waals surface area contributed by atoms with Crippen LogP contribution < -0.4 is 5.32 Å². The van der Waals surface area contributed by atoms with Gasteiger partial charge in [-0.2, -0.15) is 0 Å². The predicted molar refractivity (Wildman–Crippen MR) is 63.7 cm³/mol. The Morgan fingerprint density at radius 2 is 2.00 bits per heavy atom. The summed E-state index contributed by atoms with van der Waals surface area (Å²) >= 11 is 0. The average molecular weight is 243 g/mol. The van der Waals surface area contributed by atoms with Crippen LogP contribution in [-0.2, 0) is 5.60 Å². The van der Waals surface area contributed by atoms with Gasteiger partial charge in [0.25, 0.3) is 0 Å². The van der Waals surface area contributed by atoms with Gasteiger partial charge in [0.1, 0.15) is 11.6 Å². The summed E-state index contributed by atoms with van der Waals surface area (Å²) in [5, 5.41) is 13.3. The molecule has 0 radical (unpaired) electrons. The van der Waals surface area contributed by atoms with E-state index in [4.69, 9.17) is 0 Å². The molecule has 0 aliphatic carbocycles. The minimum Gasteiger partial charge on any atom is -0.385 e. The Morgan fingerprint density at radius 3 is 2.59 bits per heavy atom. The third kappa shape index (κ3) is 4.06. The first-order valence-corrected chi connectivity index (χ1v) is 5.86. The van der Waals surface area contributed by atoms with Crippen molar-refractivity contribution in [3.63, 3.8) is 0 Å². The topological polar surface area (TPSA) is 32.3 Å². The Labute approximate surface area is 101 Å². The molecular formula is C13H19F2NO. The molecule has 2 nitrogen and oxygen atoms in total. The highest BCUT2D eigenvalue weighted by Crippen LogP contribution is 2.26. The molecule has 1 unspecified atom stereocenters. The van der Waals surface area contributed by atoms with Crippen molar-refractivity contribution < 1.29 is 13.9 Å². The van der Waals surface area contributed by atoms with Crippen molar-refractivity contribution in [2.24, 2.45) is 0 Å². The Morgan fingerprint density at radius 1 is 1.29 bits per heavy atom. The quantitative estimate of drug-likeness (QED) is 0.753. The highest BCUT2D eigenvalue weighted by Gasteiger charge is 2.26. The summed E-state index contributed by atoms with van der Waals surface area (Å²) in [5.41, 5.74) is -1.14. The first-order valence-electron chi connectivity index (χ1n) is 5.86. The van der Waals surface area contributed by atoms with Crippen molar-refractivity contribution in [1.29, 1.82) is 0 Å². The maximum absolute atomic E-state index is 13.5. The smallest absolute Gasteiger partial charge is 0.132 e. The zero-order valence-corrected chi connectivity index (χ0v) is 10.3. The largest absolute Gasteiger partial charge is 0.385 e. The van der Waals surface area contributed by atoms with Gasteiger partial charge in [-0.1, -0.05) is 13.0 Å². The monoisotopic (exact) mass is 243 g/mol. The van der Waals surface area contributed by atoms with E-state index in [9.17, 15) is 13.9 Å². The predicted octanol–water partition coefficient (Wildman–Crippen LogP) is 2.56. The third-order valence-corrected chi connectivity index (χ3v) is 2.73. The van der Waals surface area contributed by atoms with Crippen LogP contribution in [0.5, 0.6) is 0 Å². The molecule has 1 aromatic rings. The van der Waals surface area contributed by atoms with Gasteiger partial charge in [-0.15, -0.1) is 0 Å². The lowest BCUT2D eigenvalue weighted by atomic mass is 9.92. The Bertz CT molecular complexity index is 366. The van der Waals surface area contributed by atoms with Crippen molar-refractivity contribution in [2.45, 2.75) is 32.3 Å². The second-order valence-electron chi connectivity index (χ2n) is 4.40. The van der Waals surface area contributed by atoms with Crippen molar-refractivity contribution in [1.82, 2.24) is 5.32 Å². The molecule has 96 valence electrons. The van der Waals surface area contributed by atoms with Gasteiger partial charge < -0.3 is 10.4 Å². The van der Waals surface area contributed by atoms with Crippen LogP contribution in [0.2, 0.25) is 0 Å². The zero-order valence-electron chi connectivity index (χ0n) is 10.3. The van der Waals surface area contributed by atoms with Gasteiger partial charge in [0.2, 0.25) is 0 Å². The lowest BCUT2D eigenvalue weighted by molar-refractivity contribution is 0.0443. The number of hydrogen-bond acceptors (Lipinski definition) is 2.